The van der Waals surface area contributed by atoms with Gasteiger partial charge in [-0.3, -0.25) is 14.6 Å². The van der Waals surface area contributed by atoms with Crippen LogP contribution in [0, 0.1) is 5.41 Å². The first-order chi connectivity index (χ1) is 14.8. The number of imidazole rings is 1. The van der Waals surface area contributed by atoms with E-state index in [1.54, 1.807) is 39.9 Å². The third-order valence-electron chi connectivity index (χ3n) is 5.25. The summed E-state index contributed by atoms with van der Waals surface area (Å²) in [6.07, 6.45) is -1.39. The molecule has 0 aliphatic carbocycles. The maximum absolute atomic E-state index is 13.8. The largest absolute Gasteiger partial charge is 0.494 e. The van der Waals surface area contributed by atoms with E-state index < -0.39 is 17.5 Å². The summed E-state index contributed by atoms with van der Waals surface area (Å²) >= 11 is 0. The maximum atomic E-state index is 13.8. The van der Waals surface area contributed by atoms with Crippen molar-refractivity contribution in [2.24, 2.45) is 0 Å². The molecule has 31 heavy (non-hydrogen) atoms. The van der Waals surface area contributed by atoms with E-state index in [1.165, 1.54) is 17.7 Å². The fourth-order valence-corrected chi connectivity index (χ4v) is 3.72. The molecule has 1 aromatic carbocycles. The molecule has 4 rings (SSSR count). The van der Waals surface area contributed by atoms with Crippen molar-refractivity contribution in [1.29, 1.82) is 5.41 Å². The SMILES string of the molecule is COc1c(N2CCOCC2)cc(C(=O)Cn2cc3ccccn3c2=N)cc1C(F)(F)F. The van der Waals surface area contributed by atoms with Crippen LogP contribution in [0.2, 0.25) is 0 Å². The van der Waals surface area contributed by atoms with Crippen LogP contribution in [0.5, 0.6) is 5.75 Å². The van der Waals surface area contributed by atoms with E-state index in [4.69, 9.17) is 14.9 Å². The molecule has 7 nitrogen and oxygen atoms in total. The molecule has 0 saturated carbocycles. The Kier molecular flexibility index (Phi) is 5.48. The highest BCUT2D eigenvalue weighted by atomic mass is 19.4. The van der Waals surface area contributed by atoms with Gasteiger partial charge in [0, 0.05) is 31.0 Å². The molecule has 0 bridgehead atoms. The van der Waals surface area contributed by atoms with Gasteiger partial charge in [0.05, 0.1) is 38.1 Å². The van der Waals surface area contributed by atoms with Crippen LogP contribution >= 0.6 is 0 Å². The van der Waals surface area contributed by atoms with Crippen LogP contribution in [0.4, 0.5) is 18.9 Å². The van der Waals surface area contributed by atoms with Crippen LogP contribution < -0.4 is 15.3 Å². The lowest BCUT2D eigenvalue weighted by Gasteiger charge is -2.31. The maximum Gasteiger partial charge on any atom is 0.420 e. The normalized spacial score (nSPS) is 14.8. The number of nitrogens with zero attached hydrogens (tertiary/aromatic N) is 3. The summed E-state index contributed by atoms with van der Waals surface area (Å²) in [5, 5.41) is 8.23. The van der Waals surface area contributed by atoms with Crippen molar-refractivity contribution in [1.82, 2.24) is 8.97 Å². The number of hydrogen-bond donors (Lipinski definition) is 1. The molecule has 1 N–H and O–H groups in total. The first kappa shape index (κ1) is 21.0. The topological polar surface area (TPSA) is 72.0 Å². The van der Waals surface area contributed by atoms with Crippen LogP contribution in [0.1, 0.15) is 15.9 Å². The number of morpholine rings is 1. The van der Waals surface area contributed by atoms with Crippen LogP contribution in [0.25, 0.3) is 5.52 Å². The first-order valence-electron chi connectivity index (χ1n) is 9.66. The monoisotopic (exact) mass is 434 g/mol. The minimum atomic E-state index is -4.69. The molecule has 0 unspecified atom stereocenters. The fraction of sp³-hybridized carbons (Fsp3) is 0.333. The Morgan fingerprint density at radius 3 is 2.61 bits per heavy atom. The number of carbonyl (C=O) groups excluding carboxylic acids is 1. The summed E-state index contributed by atoms with van der Waals surface area (Å²) < 4.78 is 54.8. The number of ketones is 1. The summed E-state index contributed by atoms with van der Waals surface area (Å²) in [5.41, 5.74) is -0.110. The number of carbonyl (C=O) groups is 1. The average Bonchev–Trinajstić information content (AvgIpc) is 3.08. The molecule has 2 aromatic heterocycles. The number of fused-ring (bicyclic) bond motifs is 1. The molecule has 1 aliphatic heterocycles. The number of hydrogen-bond acceptors (Lipinski definition) is 5. The number of anilines is 1. The van der Waals surface area contributed by atoms with Gasteiger partial charge in [-0.1, -0.05) is 6.07 Å². The zero-order valence-electron chi connectivity index (χ0n) is 16.8. The van der Waals surface area contributed by atoms with E-state index in [1.807, 2.05) is 0 Å². The summed E-state index contributed by atoms with van der Waals surface area (Å²) in [6.45, 7) is 1.27. The Morgan fingerprint density at radius 1 is 1.23 bits per heavy atom. The van der Waals surface area contributed by atoms with E-state index >= 15 is 0 Å². The van der Waals surface area contributed by atoms with Crippen molar-refractivity contribution in [3.8, 4) is 5.75 Å². The molecule has 0 amide bonds. The van der Waals surface area contributed by atoms with E-state index in [-0.39, 0.29) is 29.2 Å². The summed E-state index contributed by atoms with van der Waals surface area (Å²) in [7, 11) is 1.19. The van der Waals surface area contributed by atoms with Crippen molar-refractivity contribution in [3.63, 3.8) is 0 Å². The Bertz CT molecular complexity index is 1180. The van der Waals surface area contributed by atoms with Gasteiger partial charge >= 0.3 is 6.18 Å². The number of alkyl halides is 3. The first-order valence-corrected chi connectivity index (χ1v) is 9.66. The third kappa shape index (κ3) is 4.02. The number of nitrogens with one attached hydrogen (secondary N) is 1. The van der Waals surface area contributed by atoms with Gasteiger partial charge in [-0.2, -0.15) is 13.2 Å². The van der Waals surface area contributed by atoms with E-state index in [2.05, 4.69) is 0 Å². The van der Waals surface area contributed by atoms with Gasteiger partial charge < -0.3 is 18.9 Å². The summed E-state index contributed by atoms with van der Waals surface area (Å²) in [4.78, 5) is 14.7. The molecular formula is C21H21F3N4O3. The van der Waals surface area contributed by atoms with Crippen LogP contribution in [-0.2, 0) is 17.5 Å². The van der Waals surface area contributed by atoms with Gasteiger partial charge in [-0.25, -0.2) is 0 Å². The van der Waals surface area contributed by atoms with E-state index in [0.29, 0.717) is 31.8 Å². The molecule has 3 aromatic rings. The number of aromatic nitrogens is 2. The number of rotatable bonds is 5. The second-order valence-corrected chi connectivity index (χ2v) is 7.17. The molecule has 3 heterocycles. The molecule has 1 aliphatic rings. The molecule has 10 heteroatoms. The van der Waals surface area contributed by atoms with Crippen molar-refractivity contribution in [3.05, 3.63) is 59.5 Å². The number of methoxy groups -OCH3 is 1. The molecule has 0 radical (unpaired) electrons. The van der Waals surface area contributed by atoms with Crippen molar-refractivity contribution < 1.29 is 27.4 Å². The summed E-state index contributed by atoms with van der Waals surface area (Å²) in [5.74, 6) is -0.841. The predicted molar refractivity (Wildman–Crippen MR) is 107 cm³/mol. The number of benzene rings is 1. The lowest BCUT2D eigenvalue weighted by Crippen LogP contribution is -2.37. The Morgan fingerprint density at radius 2 is 1.97 bits per heavy atom. The Balaban J connectivity index is 1.76. The second-order valence-electron chi connectivity index (χ2n) is 7.17. The standard InChI is InChI=1S/C21H21F3N4O3/c1-30-19-16(21(22,23)24)10-14(11-17(19)26-6-8-31-9-7-26)18(29)13-27-12-15-4-2-3-5-28(15)20(27)25/h2-5,10-12,25H,6-9,13H2,1H3. The third-order valence-corrected chi connectivity index (χ3v) is 5.25. The summed E-state index contributed by atoms with van der Waals surface area (Å²) in [6, 6.07) is 7.59. The average molecular weight is 434 g/mol. The van der Waals surface area contributed by atoms with Crippen LogP contribution in [-0.4, -0.2) is 48.2 Å². The zero-order valence-corrected chi connectivity index (χ0v) is 16.8. The van der Waals surface area contributed by atoms with Gasteiger partial charge in [-0.05, 0) is 24.3 Å². The van der Waals surface area contributed by atoms with Gasteiger partial charge in [0.1, 0.15) is 5.56 Å². The molecule has 0 spiro atoms. The molecule has 1 saturated heterocycles. The zero-order chi connectivity index (χ0) is 22.2. The highest BCUT2D eigenvalue weighted by molar-refractivity contribution is 5.98. The van der Waals surface area contributed by atoms with Crippen molar-refractivity contribution >= 4 is 17.0 Å². The Labute approximate surface area is 175 Å². The van der Waals surface area contributed by atoms with E-state index in [0.717, 1.165) is 6.07 Å². The minimum Gasteiger partial charge on any atom is -0.494 e. The lowest BCUT2D eigenvalue weighted by molar-refractivity contribution is -0.138. The smallest absolute Gasteiger partial charge is 0.420 e. The van der Waals surface area contributed by atoms with E-state index in [9.17, 15) is 18.0 Å². The number of ether oxygens (including phenoxy) is 2. The molecule has 164 valence electrons. The van der Waals surface area contributed by atoms with Gasteiger partial charge in [0.25, 0.3) is 0 Å². The molecule has 1 fully saturated rings. The quantitative estimate of drug-likeness (QED) is 0.627. The molecular weight excluding hydrogens is 413 g/mol. The van der Waals surface area contributed by atoms with Gasteiger partial charge in [0.15, 0.2) is 11.5 Å². The van der Waals surface area contributed by atoms with Crippen molar-refractivity contribution in [2.75, 3.05) is 38.3 Å². The van der Waals surface area contributed by atoms with Crippen molar-refractivity contribution in [2.45, 2.75) is 12.7 Å². The highest BCUT2D eigenvalue weighted by Crippen LogP contribution is 2.43. The van der Waals surface area contributed by atoms with Gasteiger partial charge in [-0.15, -0.1) is 0 Å². The van der Waals surface area contributed by atoms with Crippen LogP contribution in [0.3, 0.4) is 0 Å². The lowest BCUT2D eigenvalue weighted by atomic mass is 10.0. The Hall–Kier alpha value is -3.27. The van der Waals surface area contributed by atoms with Gasteiger partial charge in [0.2, 0.25) is 5.62 Å². The second kappa shape index (κ2) is 8.10. The highest BCUT2D eigenvalue weighted by Gasteiger charge is 2.37. The number of Topliss-reactive ketones (excluding diaryl/α,β-unsaturated/α-hetero) is 1. The number of pyridine rings is 1. The fourth-order valence-electron chi connectivity index (χ4n) is 3.72. The van der Waals surface area contributed by atoms with Crippen LogP contribution in [0.15, 0.2) is 42.7 Å². The minimum absolute atomic E-state index is 0.0573. The number of halogens is 3. The molecule has 0 atom stereocenters. The predicted octanol–water partition coefficient (Wildman–Crippen LogP) is 2.97.